The molecule has 0 spiro atoms. The van der Waals surface area contributed by atoms with Gasteiger partial charge in [-0.1, -0.05) is 75.6 Å². The minimum atomic E-state index is -1.43. The lowest BCUT2D eigenvalue weighted by molar-refractivity contribution is -0.129. The van der Waals surface area contributed by atoms with Gasteiger partial charge in [-0.15, -0.1) is 0 Å². The first kappa shape index (κ1) is 33.5. The van der Waals surface area contributed by atoms with E-state index in [1.165, 1.54) is 0 Å². The maximum atomic E-state index is 14.7. The fraction of sp³-hybridized carbons (Fsp3) is 0.278. The highest BCUT2D eigenvalue weighted by Crippen LogP contribution is 2.44. The third kappa shape index (κ3) is 7.94. The van der Waals surface area contributed by atoms with Crippen molar-refractivity contribution in [3.63, 3.8) is 0 Å². The molecule has 2 atom stereocenters. The maximum absolute atomic E-state index is 14.7. The molecule has 2 N–H and O–H groups in total. The maximum Gasteiger partial charge on any atom is 0.252 e. The summed E-state index contributed by atoms with van der Waals surface area (Å²) in [5, 5.41) is 16.1. The van der Waals surface area contributed by atoms with Crippen molar-refractivity contribution in [2.75, 3.05) is 32.2 Å². The summed E-state index contributed by atoms with van der Waals surface area (Å²) in [6.45, 7) is 0.827. The molecule has 242 valence electrons. The highest BCUT2D eigenvalue weighted by atomic mass is 79.9. The lowest BCUT2D eigenvalue weighted by Crippen LogP contribution is -2.50. The molecule has 1 amide bonds. The van der Waals surface area contributed by atoms with Gasteiger partial charge in [-0.05, 0) is 70.2 Å². The molecule has 1 heterocycles. The fourth-order valence-corrected chi connectivity index (χ4v) is 5.91. The molecule has 4 aromatic carbocycles. The number of ether oxygens (including phenoxy) is 2. The van der Waals surface area contributed by atoms with Gasteiger partial charge in [-0.2, -0.15) is 0 Å². The first-order valence-corrected chi connectivity index (χ1v) is 16.1. The molecular formula is C36H37BrN6O4. The van der Waals surface area contributed by atoms with Gasteiger partial charge in [-0.25, -0.2) is 4.99 Å². The van der Waals surface area contributed by atoms with Crippen LogP contribution < -0.4 is 15.0 Å². The molecule has 4 aromatic rings. The number of hydrogen-bond acceptors (Lipinski definition) is 7. The number of benzene rings is 4. The van der Waals surface area contributed by atoms with E-state index in [9.17, 15) is 4.79 Å². The molecule has 0 bridgehead atoms. The smallest absolute Gasteiger partial charge is 0.252 e. The fourth-order valence-electron chi connectivity index (χ4n) is 5.48. The van der Waals surface area contributed by atoms with Gasteiger partial charge in [0.25, 0.3) is 5.91 Å². The van der Waals surface area contributed by atoms with Crippen molar-refractivity contribution in [3.8, 4) is 5.75 Å². The topological polar surface area (TPSA) is 132 Å². The zero-order valence-electron chi connectivity index (χ0n) is 26.3. The average Bonchev–Trinajstić information content (AvgIpc) is 3.48. The van der Waals surface area contributed by atoms with E-state index in [2.05, 4.69) is 31.3 Å². The third-order valence-electron chi connectivity index (χ3n) is 8.00. The second-order valence-corrected chi connectivity index (χ2v) is 12.2. The van der Waals surface area contributed by atoms with E-state index in [0.29, 0.717) is 42.3 Å². The molecule has 0 aliphatic carbocycles. The number of aliphatic hydroxyl groups excluding tert-OH is 1. The van der Waals surface area contributed by atoms with Gasteiger partial charge < -0.3 is 24.8 Å². The molecule has 1 aliphatic heterocycles. The van der Waals surface area contributed by atoms with E-state index in [1.54, 1.807) is 0 Å². The van der Waals surface area contributed by atoms with Crippen molar-refractivity contribution in [1.29, 1.82) is 0 Å². The zero-order valence-corrected chi connectivity index (χ0v) is 27.9. The van der Waals surface area contributed by atoms with Crippen molar-refractivity contribution in [2.45, 2.75) is 37.6 Å². The number of azide groups is 1. The van der Waals surface area contributed by atoms with Crippen molar-refractivity contribution in [2.24, 2.45) is 10.1 Å². The number of amides is 1. The van der Waals surface area contributed by atoms with Crippen LogP contribution >= 0.6 is 15.9 Å². The van der Waals surface area contributed by atoms with Crippen LogP contribution in [-0.4, -0.2) is 49.8 Å². The number of nitrogens with zero attached hydrogens (tertiary/aromatic N) is 5. The van der Waals surface area contributed by atoms with E-state index in [4.69, 9.17) is 25.1 Å². The molecule has 0 radical (unpaired) electrons. The Kier molecular flexibility index (Phi) is 11.2. The molecule has 0 saturated heterocycles. The SMILES string of the molecule is CN(C)c1ccc(CNC(=O)[C@]2(Cc3ccccc3Br)N=C(c3ccc(OCCCO)cc3)O[C@@H]2c2ccccc2CN=[N+]=[N-])cc1. The second-order valence-electron chi connectivity index (χ2n) is 11.4. The first-order chi connectivity index (χ1) is 22.8. The minimum Gasteiger partial charge on any atom is -0.494 e. The number of hydrogen-bond donors (Lipinski definition) is 2. The molecule has 0 unspecified atom stereocenters. The zero-order chi connectivity index (χ0) is 33.2. The van der Waals surface area contributed by atoms with E-state index >= 15 is 0 Å². The van der Waals surface area contributed by atoms with E-state index in [-0.39, 0.29) is 25.5 Å². The van der Waals surface area contributed by atoms with Gasteiger partial charge in [0, 0.05) is 60.7 Å². The number of aliphatic hydroxyl groups is 1. The summed E-state index contributed by atoms with van der Waals surface area (Å²) in [4.78, 5) is 24.8. The van der Waals surface area contributed by atoms with Gasteiger partial charge in [0.2, 0.25) is 5.90 Å². The van der Waals surface area contributed by atoms with Crippen LogP contribution in [0.1, 0.15) is 40.3 Å². The summed E-state index contributed by atoms with van der Waals surface area (Å²) in [5.74, 6) is 0.662. The Bertz CT molecular complexity index is 1760. The Balaban J connectivity index is 1.59. The summed E-state index contributed by atoms with van der Waals surface area (Å²) in [5.41, 5.74) is 12.7. The number of aliphatic imine (C=N–C) groups is 1. The Morgan fingerprint density at radius 3 is 2.43 bits per heavy atom. The number of carbonyl (C=O) groups excluding carboxylic acids is 1. The number of halogens is 1. The van der Waals surface area contributed by atoms with Crippen molar-refractivity contribution in [1.82, 2.24) is 5.32 Å². The van der Waals surface area contributed by atoms with Gasteiger partial charge in [-0.3, -0.25) is 4.79 Å². The van der Waals surface area contributed by atoms with Gasteiger partial charge in [0.05, 0.1) is 13.2 Å². The molecule has 0 aromatic heterocycles. The summed E-state index contributed by atoms with van der Waals surface area (Å²) in [6.07, 6.45) is -0.0843. The average molecular weight is 698 g/mol. The standard InChI is InChI=1S/C36H37BrN6O4/c1-43(2)29-16-12-25(13-17-29)23-39-35(45)36(22-27-8-4-6-11-32(27)37)33(31-10-5-3-9-28(31)24-40-42-38)47-34(41-36)26-14-18-30(19-15-26)46-21-7-20-44/h3-6,8-19,33,44H,7,20-24H2,1-2H3,(H,39,45)/t33-,36-/m1/s1. The lowest BCUT2D eigenvalue weighted by Gasteiger charge is -2.32. The summed E-state index contributed by atoms with van der Waals surface area (Å²) < 4.78 is 13.3. The van der Waals surface area contributed by atoms with Gasteiger partial charge in [0.15, 0.2) is 11.6 Å². The van der Waals surface area contributed by atoms with Crippen LogP contribution in [0.4, 0.5) is 5.69 Å². The molecule has 0 saturated carbocycles. The predicted molar refractivity (Wildman–Crippen MR) is 186 cm³/mol. The highest BCUT2D eigenvalue weighted by molar-refractivity contribution is 9.10. The van der Waals surface area contributed by atoms with Crippen molar-refractivity contribution >= 4 is 33.4 Å². The number of carbonyl (C=O) groups is 1. The molecular weight excluding hydrogens is 660 g/mol. The minimum absolute atomic E-state index is 0.0499. The third-order valence-corrected chi connectivity index (χ3v) is 8.77. The summed E-state index contributed by atoms with van der Waals surface area (Å²) in [7, 11) is 3.96. The quantitative estimate of drug-likeness (QED) is 0.0641. The van der Waals surface area contributed by atoms with E-state index in [1.807, 2.05) is 116 Å². The Labute approximate surface area is 282 Å². The van der Waals surface area contributed by atoms with Gasteiger partial charge in [0.1, 0.15) is 5.75 Å². The van der Waals surface area contributed by atoms with Crippen LogP contribution in [-0.2, 0) is 29.0 Å². The van der Waals surface area contributed by atoms with Crippen LogP contribution in [0, 0.1) is 0 Å². The lowest BCUT2D eigenvalue weighted by atomic mass is 9.80. The Morgan fingerprint density at radius 2 is 1.74 bits per heavy atom. The van der Waals surface area contributed by atoms with Crippen molar-refractivity contribution < 1.29 is 19.4 Å². The Hall–Kier alpha value is -4.83. The first-order valence-electron chi connectivity index (χ1n) is 15.3. The molecule has 11 heteroatoms. The molecule has 10 nitrogen and oxygen atoms in total. The monoisotopic (exact) mass is 696 g/mol. The summed E-state index contributed by atoms with van der Waals surface area (Å²) in [6, 6.07) is 30.6. The molecule has 1 aliphatic rings. The normalized spacial score (nSPS) is 16.9. The van der Waals surface area contributed by atoms with Crippen molar-refractivity contribution in [3.05, 3.63) is 140 Å². The second kappa shape index (κ2) is 15.6. The Morgan fingerprint density at radius 1 is 1.04 bits per heavy atom. The summed E-state index contributed by atoms with van der Waals surface area (Å²) >= 11 is 3.68. The molecule has 5 rings (SSSR count). The van der Waals surface area contributed by atoms with Crippen LogP contribution in [0.3, 0.4) is 0 Å². The predicted octanol–water partition coefficient (Wildman–Crippen LogP) is 6.90. The largest absolute Gasteiger partial charge is 0.494 e. The molecule has 0 fully saturated rings. The van der Waals surface area contributed by atoms with E-state index < -0.39 is 11.6 Å². The van der Waals surface area contributed by atoms with Crippen LogP contribution in [0.25, 0.3) is 10.4 Å². The van der Waals surface area contributed by atoms with Gasteiger partial charge >= 0.3 is 0 Å². The highest BCUT2D eigenvalue weighted by Gasteiger charge is 2.54. The van der Waals surface area contributed by atoms with E-state index in [0.717, 1.165) is 26.9 Å². The number of rotatable bonds is 14. The van der Waals surface area contributed by atoms with Crippen LogP contribution in [0.15, 0.2) is 112 Å². The van der Waals surface area contributed by atoms with Crippen LogP contribution in [0.5, 0.6) is 5.75 Å². The number of nitrogens with one attached hydrogen (secondary N) is 1. The number of anilines is 1. The van der Waals surface area contributed by atoms with Crippen LogP contribution in [0.2, 0.25) is 0 Å². The molecule has 47 heavy (non-hydrogen) atoms.